The van der Waals surface area contributed by atoms with Crippen molar-refractivity contribution in [2.75, 3.05) is 33.3 Å². The van der Waals surface area contributed by atoms with Crippen molar-refractivity contribution >= 4 is 5.97 Å². The summed E-state index contributed by atoms with van der Waals surface area (Å²) in [6.45, 7) is 6.33. The molecule has 1 heterocycles. The van der Waals surface area contributed by atoms with E-state index in [0.29, 0.717) is 0 Å². The average molecular weight is 254 g/mol. The van der Waals surface area contributed by atoms with Crippen molar-refractivity contribution in [1.29, 1.82) is 0 Å². The number of likely N-dealkylation sites (tertiary alicyclic amines) is 1. The van der Waals surface area contributed by atoms with Gasteiger partial charge in [0.1, 0.15) is 6.04 Å². The second kappa shape index (κ2) is 6.53. The van der Waals surface area contributed by atoms with Gasteiger partial charge in [-0.3, -0.25) is 4.79 Å². The van der Waals surface area contributed by atoms with Crippen molar-refractivity contribution in [3.8, 4) is 0 Å². The number of rotatable bonds is 6. The number of carbonyl (C=O) groups is 1. The Kier molecular flexibility index (Phi) is 5.01. The van der Waals surface area contributed by atoms with Crippen LogP contribution in [-0.2, 0) is 9.53 Å². The number of likely N-dealkylation sites (N-methyl/N-ethyl adjacent to an activating group) is 1. The summed E-state index contributed by atoms with van der Waals surface area (Å²) in [5, 5.41) is 3.21. The van der Waals surface area contributed by atoms with E-state index in [1.807, 2.05) is 6.92 Å². The van der Waals surface area contributed by atoms with Crippen LogP contribution in [0.15, 0.2) is 0 Å². The van der Waals surface area contributed by atoms with Crippen molar-refractivity contribution in [3.05, 3.63) is 0 Å². The molecule has 2 fully saturated rings. The predicted octanol–water partition coefficient (Wildman–Crippen LogP) is 1.26. The molecule has 0 aromatic carbocycles. The van der Waals surface area contributed by atoms with Gasteiger partial charge in [0, 0.05) is 19.6 Å². The van der Waals surface area contributed by atoms with E-state index in [9.17, 15) is 4.79 Å². The van der Waals surface area contributed by atoms with Gasteiger partial charge in [0.05, 0.1) is 7.11 Å². The quantitative estimate of drug-likeness (QED) is 0.725. The third kappa shape index (κ3) is 3.23. The second-order valence-corrected chi connectivity index (χ2v) is 5.63. The number of ether oxygens (including phenoxy) is 1. The number of methoxy groups -OCH3 is 1. The van der Waals surface area contributed by atoms with E-state index in [-0.39, 0.29) is 12.0 Å². The van der Waals surface area contributed by atoms with Gasteiger partial charge in [-0.05, 0) is 37.6 Å². The van der Waals surface area contributed by atoms with Crippen molar-refractivity contribution in [1.82, 2.24) is 10.2 Å². The highest BCUT2D eigenvalue weighted by Gasteiger charge is 2.36. The molecule has 3 unspecified atom stereocenters. The molecule has 4 heteroatoms. The maximum atomic E-state index is 11.6. The Morgan fingerprint density at radius 3 is 2.61 bits per heavy atom. The predicted molar refractivity (Wildman–Crippen MR) is 71.4 cm³/mol. The second-order valence-electron chi connectivity index (χ2n) is 5.63. The van der Waals surface area contributed by atoms with Crippen LogP contribution in [0.5, 0.6) is 0 Å². The molecule has 4 nitrogen and oxygen atoms in total. The minimum Gasteiger partial charge on any atom is -0.468 e. The van der Waals surface area contributed by atoms with Crippen LogP contribution in [0.2, 0.25) is 0 Å². The first-order chi connectivity index (χ1) is 8.74. The standard InChI is InChI=1S/C14H26N2O2/c1-3-15-13(14(17)18-2)7-8-16-9-11-5-4-6-12(11)10-16/h11-13,15H,3-10H2,1-2H3. The summed E-state index contributed by atoms with van der Waals surface area (Å²) in [6, 6.07) is -0.138. The lowest BCUT2D eigenvalue weighted by Crippen LogP contribution is -2.40. The lowest BCUT2D eigenvalue weighted by molar-refractivity contribution is -0.143. The van der Waals surface area contributed by atoms with Crippen LogP contribution in [0.3, 0.4) is 0 Å². The minimum absolute atomic E-state index is 0.128. The number of carbonyl (C=O) groups excluding carboxylic acids is 1. The molecule has 0 radical (unpaired) electrons. The number of nitrogens with one attached hydrogen (secondary N) is 1. The molecule has 104 valence electrons. The summed E-state index contributed by atoms with van der Waals surface area (Å²) in [7, 11) is 1.47. The Morgan fingerprint density at radius 1 is 1.39 bits per heavy atom. The highest BCUT2D eigenvalue weighted by Crippen LogP contribution is 2.37. The van der Waals surface area contributed by atoms with Gasteiger partial charge in [-0.1, -0.05) is 13.3 Å². The topological polar surface area (TPSA) is 41.6 Å². The first-order valence-electron chi connectivity index (χ1n) is 7.28. The molecule has 0 amide bonds. The van der Waals surface area contributed by atoms with Crippen LogP contribution in [0, 0.1) is 11.8 Å². The number of fused-ring (bicyclic) bond motifs is 1. The molecule has 1 aliphatic carbocycles. The maximum Gasteiger partial charge on any atom is 0.322 e. The largest absolute Gasteiger partial charge is 0.468 e. The highest BCUT2D eigenvalue weighted by molar-refractivity contribution is 5.75. The van der Waals surface area contributed by atoms with Crippen molar-refractivity contribution < 1.29 is 9.53 Å². The van der Waals surface area contributed by atoms with Gasteiger partial charge in [-0.15, -0.1) is 0 Å². The molecule has 1 N–H and O–H groups in total. The Hall–Kier alpha value is -0.610. The molecular formula is C14H26N2O2. The van der Waals surface area contributed by atoms with Crippen LogP contribution >= 0.6 is 0 Å². The summed E-state index contributed by atoms with van der Waals surface area (Å²) in [6.07, 6.45) is 5.11. The molecule has 0 spiro atoms. The van der Waals surface area contributed by atoms with Gasteiger partial charge < -0.3 is 15.0 Å². The first kappa shape index (κ1) is 13.8. The SMILES string of the molecule is CCNC(CCN1CC2CCCC2C1)C(=O)OC. The van der Waals surface area contributed by atoms with E-state index >= 15 is 0 Å². The lowest BCUT2D eigenvalue weighted by atomic mass is 10.0. The molecule has 2 aliphatic rings. The Morgan fingerprint density at radius 2 is 2.06 bits per heavy atom. The number of hydrogen-bond acceptors (Lipinski definition) is 4. The van der Waals surface area contributed by atoms with Gasteiger partial charge in [0.25, 0.3) is 0 Å². The number of nitrogens with zero attached hydrogens (tertiary/aromatic N) is 1. The minimum atomic E-state index is -0.138. The molecule has 1 saturated heterocycles. The normalized spacial score (nSPS) is 29.2. The summed E-state index contributed by atoms with van der Waals surface area (Å²) < 4.78 is 4.83. The van der Waals surface area contributed by atoms with Crippen LogP contribution in [0.4, 0.5) is 0 Å². The zero-order valence-corrected chi connectivity index (χ0v) is 11.7. The first-order valence-corrected chi connectivity index (χ1v) is 7.28. The van der Waals surface area contributed by atoms with E-state index in [2.05, 4.69) is 10.2 Å². The Balaban J connectivity index is 1.74. The van der Waals surface area contributed by atoms with Crippen LogP contribution in [0.25, 0.3) is 0 Å². The van der Waals surface area contributed by atoms with E-state index < -0.39 is 0 Å². The molecule has 1 saturated carbocycles. The zero-order valence-electron chi connectivity index (χ0n) is 11.7. The van der Waals surface area contributed by atoms with Crippen molar-refractivity contribution in [2.45, 2.75) is 38.6 Å². The molecule has 0 bridgehead atoms. The van der Waals surface area contributed by atoms with Gasteiger partial charge in [0.15, 0.2) is 0 Å². The van der Waals surface area contributed by atoms with E-state index in [0.717, 1.165) is 31.3 Å². The van der Waals surface area contributed by atoms with Crippen molar-refractivity contribution in [2.24, 2.45) is 11.8 Å². The molecule has 2 rings (SSSR count). The van der Waals surface area contributed by atoms with E-state index in [1.165, 1.54) is 39.5 Å². The highest BCUT2D eigenvalue weighted by atomic mass is 16.5. The van der Waals surface area contributed by atoms with Gasteiger partial charge >= 0.3 is 5.97 Å². The summed E-state index contributed by atoms with van der Waals surface area (Å²) in [4.78, 5) is 14.1. The Labute approximate surface area is 110 Å². The molecule has 0 aromatic rings. The molecular weight excluding hydrogens is 228 g/mol. The van der Waals surface area contributed by atoms with Gasteiger partial charge in [-0.25, -0.2) is 0 Å². The van der Waals surface area contributed by atoms with Crippen molar-refractivity contribution in [3.63, 3.8) is 0 Å². The third-order valence-electron chi connectivity index (χ3n) is 4.47. The van der Waals surface area contributed by atoms with Crippen LogP contribution < -0.4 is 5.32 Å². The summed E-state index contributed by atoms with van der Waals surface area (Å²) in [5.41, 5.74) is 0. The zero-order chi connectivity index (χ0) is 13.0. The number of esters is 1. The summed E-state index contributed by atoms with van der Waals surface area (Å²) in [5.74, 6) is 1.73. The number of hydrogen-bond donors (Lipinski definition) is 1. The fraction of sp³-hybridized carbons (Fsp3) is 0.929. The monoisotopic (exact) mass is 254 g/mol. The maximum absolute atomic E-state index is 11.6. The third-order valence-corrected chi connectivity index (χ3v) is 4.47. The molecule has 3 atom stereocenters. The van der Waals surface area contributed by atoms with E-state index in [4.69, 9.17) is 4.74 Å². The summed E-state index contributed by atoms with van der Waals surface area (Å²) >= 11 is 0. The molecule has 18 heavy (non-hydrogen) atoms. The van der Waals surface area contributed by atoms with Crippen LogP contribution in [-0.4, -0.2) is 50.2 Å². The Bertz CT molecular complexity index is 271. The fourth-order valence-corrected chi connectivity index (χ4v) is 3.52. The smallest absolute Gasteiger partial charge is 0.322 e. The van der Waals surface area contributed by atoms with E-state index in [1.54, 1.807) is 0 Å². The van der Waals surface area contributed by atoms with Gasteiger partial charge in [-0.2, -0.15) is 0 Å². The van der Waals surface area contributed by atoms with Gasteiger partial charge in [0.2, 0.25) is 0 Å². The van der Waals surface area contributed by atoms with Crippen LogP contribution in [0.1, 0.15) is 32.6 Å². The lowest BCUT2D eigenvalue weighted by Gasteiger charge is -2.21. The molecule has 1 aliphatic heterocycles. The average Bonchev–Trinajstić information content (AvgIpc) is 2.94. The fourth-order valence-electron chi connectivity index (χ4n) is 3.52. The molecule has 0 aromatic heterocycles.